The van der Waals surface area contributed by atoms with Gasteiger partial charge in [0.2, 0.25) is 0 Å². The van der Waals surface area contributed by atoms with E-state index >= 15 is 0 Å². The van der Waals surface area contributed by atoms with Crippen LogP contribution in [-0.2, 0) is 34.1 Å². The number of carbonyl (C=O) groups excluding carboxylic acids is 3. The molecule has 0 aliphatic rings. The van der Waals surface area contributed by atoms with Crippen molar-refractivity contribution in [1.29, 1.82) is 0 Å². The highest BCUT2D eigenvalue weighted by Crippen LogP contribution is 2.14. The quantitative estimate of drug-likeness (QED) is 0.472. The van der Waals surface area contributed by atoms with Crippen LogP contribution < -0.4 is 0 Å². The van der Waals surface area contributed by atoms with Gasteiger partial charge in [-0.05, 0) is 80.5 Å². The maximum atomic E-state index is 11.9. The van der Waals surface area contributed by atoms with Gasteiger partial charge >= 0.3 is 17.9 Å². The lowest BCUT2D eigenvalue weighted by molar-refractivity contribution is -0.318. The smallest absolute Gasteiger partial charge is 0.298 e. The van der Waals surface area contributed by atoms with E-state index in [9.17, 15) is 14.4 Å². The van der Waals surface area contributed by atoms with E-state index in [-0.39, 0.29) is 11.1 Å². The molecule has 0 saturated carbocycles. The lowest BCUT2D eigenvalue weighted by Gasteiger charge is -2.17. The van der Waals surface area contributed by atoms with Gasteiger partial charge in [-0.1, -0.05) is 6.07 Å². The van der Waals surface area contributed by atoms with Crippen LogP contribution in [0, 0.1) is 0 Å². The second-order valence-corrected chi connectivity index (χ2v) is 9.48. The van der Waals surface area contributed by atoms with Crippen molar-refractivity contribution in [3.8, 4) is 0 Å². The van der Waals surface area contributed by atoms with Crippen molar-refractivity contribution < 1.29 is 43.7 Å². The summed E-state index contributed by atoms with van der Waals surface area (Å²) in [6.07, 6.45) is 0. The fraction of sp³-hybridized carbons (Fsp3) is 0.591. The Morgan fingerprint density at radius 1 is 0.613 bits per heavy atom. The second kappa shape index (κ2) is 11.8. The van der Waals surface area contributed by atoms with Crippen LogP contribution in [0.15, 0.2) is 24.3 Å². The number of carbonyl (C=O) groups is 3. The summed E-state index contributed by atoms with van der Waals surface area (Å²) in [5, 5.41) is 0. The highest BCUT2D eigenvalue weighted by atomic mass is 17.2. The maximum absolute atomic E-state index is 11.9. The Morgan fingerprint density at radius 3 is 1.19 bits per heavy atom. The minimum absolute atomic E-state index is 0.175. The van der Waals surface area contributed by atoms with Gasteiger partial charge in [-0.15, -0.1) is 0 Å². The molecule has 0 heterocycles. The first-order valence-electron chi connectivity index (χ1n) is 9.66. The number of hydrogen-bond donors (Lipinski definition) is 0. The molecule has 0 aliphatic carbocycles. The molecule has 1 aromatic carbocycles. The molecule has 1 aromatic rings. The standard InChI is InChI=1S/C16H22O6.C6H12O3/c1-15(2,3)21-19-13(17)11-8-7-9-12(10-11)14(18)20-22-16(4,5)6;1-5(7)8-9-6(2,3)4/h7-10H,1-6H3;1-4H3. The Bertz CT molecular complexity index is 689. The molecule has 1 rings (SSSR count). The molecule has 0 saturated heterocycles. The van der Waals surface area contributed by atoms with Gasteiger partial charge in [-0.3, -0.25) is 14.7 Å². The van der Waals surface area contributed by atoms with Crippen molar-refractivity contribution >= 4 is 17.9 Å². The van der Waals surface area contributed by atoms with E-state index in [2.05, 4.69) is 9.78 Å². The molecule has 9 heteroatoms. The third-order valence-electron chi connectivity index (χ3n) is 2.48. The molecular weight excluding hydrogens is 408 g/mol. The van der Waals surface area contributed by atoms with E-state index in [1.165, 1.54) is 25.1 Å². The van der Waals surface area contributed by atoms with Crippen LogP contribution in [0.5, 0.6) is 0 Å². The zero-order valence-electron chi connectivity index (χ0n) is 20.0. The van der Waals surface area contributed by atoms with E-state index in [1.807, 2.05) is 0 Å². The zero-order chi connectivity index (χ0) is 24.5. The number of rotatable bonds is 5. The first-order chi connectivity index (χ1) is 13.9. The normalized spacial score (nSPS) is 11.7. The topological polar surface area (TPSA) is 107 Å². The average molecular weight is 443 g/mol. The van der Waals surface area contributed by atoms with Gasteiger partial charge in [-0.25, -0.2) is 14.4 Å². The van der Waals surface area contributed by atoms with Crippen molar-refractivity contribution in [2.45, 2.75) is 86.0 Å². The molecule has 0 aromatic heterocycles. The molecule has 0 fully saturated rings. The summed E-state index contributed by atoms with van der Waals surface area (Å²) in [5.74, 6) is -1.81. The van der Waals surface area contributed by atoms with Crippen LogP contribution in [0.2, 0.25) is 0 Å². The van der Waals surface area contributed by atoms with Gasteiger partial charge in [0.05, 0.1) is 11.1 Å². The van der Waals surface area contributed by atoms with Crippen molar-refractivity contribution in [2.24, 2.45) is 0 Å². The van der Waals surface area contributed by atoms with Gasteiger partial charge in [0.15, 0.2) is 0 Å². The molecule has 0 bridgehead atoms. The van der Waals surface area contributed by atoms with E-state index < -0.39 is 34.7 Å². The molecule has 9 nitrogen and oxygen atoms in total. The Hall–Kier alpha value is -2.49. The number of hydrogen-bond acceptors (Lipinski definition) is 9. The molecular formula is C22H34O9. The first kappa shape index (κ1) is 28.5. The molecule has 0 aliphatic heterocycles. The van der Waals surface area contributed by atoms with Crippen LogP contribution >= 0.6 is 0 Å². The van der Waals surface area contributed by atoms with E-state index in [1.54, 1.807) is 68.4 Å². The summed E-state index contributed by atoms with van der Waals surface area (Å²) < 4.78 is 0. The Labute approximate surface area is 183 Å². The van der Waals surface area contributed by atoms with Gasteiger partial charge in [-0.2, -0.15) is 14.7 Å². The predicted molar refractivity (Wildman–Crippen MR) is 112 cm³/mol. The van der Waals surface area contributed by atoms with Gasteiger partial charge in [0.1, 0.15) is 16.8 Å². The average Bonchev–Trinajstić information content (AvgIpc) is 2.61. The van der Waals surface area contributed by atoms with Crippen LogP contribution in [0.3, 0.4) is 0 Å². The van der Waals surface area contributed by atoms with Crippen LogP contribution in [0.25, 0.3) is 0 Å². The third kappa shape index (κ3) is 15.9. The van der Waals surface area contributed by atoms with Crippen molar-refractivity contribution in [1.82, 2.24) is 0 Å². The maximum Gasteiger partial charge on any atom is 0.373 e. The van der Waals surface area contributed by atoms with Gasteiger partial charge < -0.3 is 0 Å². The zero-order valence-corrected chi connectivity index (χ0v) is 20.0. The summed E-state index contributed by atoms with van der Waals surface area (Å²) in [4.78, 5) is 62.1. The monoisotopic (exact) mass is 442 g/mol. The highest BCUT2D eigenvalue weighted by Gasteiger charge is 2.20. The van der Waals surface area contributed by atoms with Crippen LogP contribution in [0.1, 0.15) is 90.0 Å². The highest BCUT2D eigenvalue weighted by molar-refractivity contribution is 5.94. The fourth-order valence-corrected chi connectivity index (χ4v) is 1.38. The molecule has 0 spiro atoms. The fourth-order valence-electron chi connectivity index (χ4n) is 1.38. The Balaban J connectivity index is 0.000000842. The largest absolute Gasteiger partial charge is 0.373 e. The molecule has 0 radical (unpaired) electrons. The van der Waals surface area contributed by atoms with E-state index in [0.29, 0.717) is 0 Å². The second-order valence-electron chi connectivity index (χ2n) is 9.48. The van der Waals surface area contributed by atoms with Crippen molar-refractivity contribution in [2.75, 3.05) is 0 Å². The summed E-state index contributed by atoms with van der Waals surface area (Å²) in [6.45, 7) is 17.2. The lowest BCUT2D eigenvalue weighted by atomic mass is 10.1. The third-order valence-corrected chi connectivity index (χ3v) is 2.48. The predicted octanol–water partition coefficient (Wildman–Crippen LogP) is 4.74. The van der Waals surface area contributed by atoms with Crippen molar-refractivity contribution in [3.05, 3.63) is 35.4 Å². The minimum atomic E-state index is -0.693. The molecule has 0 unspecified atom stereocenters. The van der Waals surface area contributed by atoms with E-state index in [0.717, 1.165) is 0 Å². The van der Waals surface area contributed by atoms with E-state index in [4.69, 9.17) is 19.6 Å². The van der Waals surface area contributed by atoms with Crippen LogP contribution in [0.4, 0.5) is 0 Å². The van der Waals surface area contributed by atoms with Crippen molar-refractivity contribution in [3.63, 3.8) is 0 Å². The Kier molecular flexibility index (Phi) is 10.8. The first-order valence-corrected chi connectivity index (χ1v) is 9.66. The summed E-state index contributed by atoms with van der Waals surface area (Å²) in [5.41, 5.74) is -1.30. The Morgan fingerprint density at radius 2 is 0.935 bits per heavy atom. The molecule has 176 valence electrons. The summed E-state index contributed by atoms with van der Waals surface area (Å²) in [6, 6.07) is 5.91. The minimum Gasteiger partial charge on any atom is -0.298 e. The molecule has 0 N–H and O–H groups in total. The van der Waals surface area contributed by atoms with Gasteiger partial charge in [0.25, 0.3) is 0 Å². The molecule has 0 atom stereocenters. The lowest BCUT2D eigenvalue weighted by Crippen LogP contribution is -2.23. The SMILES string of the molecule is CC(=O)OOC(C)(C)C.CC(C)(C)OOC(=O)c1cccc(C(=O)OOC(C)(C)C)c1. The molecule has 31 heavy (non-hydrogen) atoms. The number of benzene rings is 1. The summed E-state index contributed by atoms with van der Waals surface area (Å²) >= 11 is 0. The van der Waals surface area contributed by atoms with Crippen LogP contribution in [-0.4, -0.2) is 34.7 Å². The summed E-state index contributed by atoms with van der Waals surface area (Å²) in [7, 11) is 0. The van der Waals surface area contributed by atoms with Gasteiger partial charge in [0, 0.05) is 6.92 Å². The molecule has 0 amide bonds.